The molecule has 1 aromatic rings. The molecule has 0 bridgehead atoms. The van der Waals surface area contributed by atoms with Gasteiger partial charge in [0.2, 0.25) is 6.41 Å². The van der Waals surface area contributed by atoms with Gasteiger partial charge in [-0.1, -0.05) is 17.9 Å². The molecule has 0 spiro atoms. The number of amides is 1. The Kier molecular flexibility index (Phi) is 8.86. The SMILES string of the molecule is COC.Cc1cc(C#CC2CC2)ccc1/C(N)=C/NCC1COCCN1C=O. The van der Waals surface area contributed by atoms with Crippen LogP contribution in [0.25, 0.3) is 5.70 Å². The first-order valence-corrected chi connectivity index (χ1v) is 9.59. The van der Waals surface area contributed by atoms with Crippen LogP contribution in [0.15, 0.2) is 24.4 Å². The summed E-state index contributed by atoms with van der Waals surface area (Å²) in [5, 5.41) is 3.21. The Bertz CT molecular complexity index is 732. The normalized spacial score (nSPS) is 19.0. The molecule has 0 aromatic heterocycles. The zero-order chi connectivity index (χ0) is 20.4. The van der Waals surface area contributed by atoms with E-state index in [0.717, 1.165) is 23.1 Å². The highest BCUT2D eigenvalue weighted by molar-refractivity contribution is 5.66. The van der Waals surface area contributed by atoms with Gasteiger partial charge in [-0.15, -0.1) is 0 Å². The summed E-state index contributed by atoms with van der Waals surface area (Å²) in [6.07, 6.45) is 5.15. The number of hydrogen-bond donors (Lipinski definition) is 2. The van der Waals surface area contributed by atoms with Gasteiger partial charge in [0.15, 0.2) is 0 Å². The zero-order valence-corrected chi connectivity index (χ0v) is 17.0. The van der Waals surface area contributed by atoms with Crippen molar-refractivity contribution in [3.63, 3.8) is 0 Å². The number of nitrogens with two attached hydrogens (primary N) is 1. The quantitative estimate of drug-likeness (QED) is 0.596. The van der Waals surface area contributed by atoms with E-state index in [4.69, 9.17) is 10.5 Å². The lowest BCUT2D eigenvalue weighted by molar-refractivity contribution is -0.125. The van der Waals surface area contributed by atoms with Gasteiger partial charge in [0.05, 0.1) is 25.0 Å². The average molecular weight is 386 g/mol. The van der Waals surface area contributed by atoms with Crippen LogP contribution >= 0.6 is 0 Å². The maximum absolute atomic E-state index is 11.1. The highest BCUT2D eigenvalue weighted by Gasteiger charge is 2.20. The van der Waals surface area contributed by atoms with Gasteiger partial charge in [-0.25, -0.2) is 0 Å². The monoisotopic (exact) mass is 385 g/mol. The first-order chi connectivity index (χ1) is 13.6. The summed E-state index contributed by atoms with van der Waals surface area (Å²) in [7, 11) is 3.25. The van der Waals surface area contributed by atoms with Gasteiger partial charge >= 0.3 is 0 Å². The van der Waals surface area contributed by atoms with E-state index in [1.807, 2.05) is 19.1 Å². The van der Waals surface area contributed by atoms with Gasteiger partial charge in [-0.2, -0.15) is 0 Å². The van der Waals surface area contributed by atoms with Crippen molar-refractivity contribution in [3.8, 4) is 11.8 Å². The third kappa shape index (κ3) is 6.91. The molecule has 28 heavy (non-hydrogen) atoms. The predicted octanol–water partition coefficient (Wildman–Crippen LogP) is 1.72. The van der Waals surface area contributed by atoms with Crippen LogP contribution in [0.1, 0.15) is 29.5 Å². The van der Waals surface area contributed by atoms with E-state index in [1.165, 1.54) is 12.8 Å². The number of aryl methyl sites for hydroxylation is 1. The van der Waals surface area contributed by atoms with E-state index < -0.39 is 0 Å². The van der Waals surface area contributed by atoms with Crippen molar-refractivity contribution < 1.29 is 14.3 Å². The van der Waals surface area contributed by atoms with Crippen molar-refractivity contribution in [3.05, 3.63) is 41.1 Å². The van der Waals surface area contributed by atoms with Gasteiger partial charge in [-0.05, 0) is 37.5 Å². The van der Waals surface area contributed by atoms with Crippen LogP contribution in [0, 0.1) is 24.7 Å². The lowest BCUT2D eigenvalue weighted by Gasteiger charge is -2.32. The summed E-state index contributed by atoms with van der Waals surface area (Å²) in [4.78, 5) is 12.8. The molecule has 1 saturated heterocycles. The Hall–Kier alpha value is -2.49. The van der Waals surface area contributed by atoms with Crippen LogP contribution in [-0.2, 0) is 14.3 Å². The fourth-order valence-electron chi connectivity index (χ4n) is 2.84. The van der Waals surface area contributed by atoms with Crippen molar-refractivity contribution in [2.45, 2.75) is 25.8 Å². The third-order valence-corrected chi connectivity index (χ3v) is 4.55. The number of hydrogen-bond acceptors (Lipinski definition) is 5. The number of nitrogens with zero attached hydrogens (tertiary/aromatic N) is 1. The number of carbonyl (C=O) groups excluding carboxylic acids is 1. The maximum Gasteiger partial charge on any atom is 0.210 e. The molecule has 2 aliphatic rings. The summed E-state index contributed by atoms with van der Waals surface area (Å²) >= 11 is 0. The maximum atomic E-state index is 11.1. The summed E-state index contributed by atoms with van der Waals surface area (Å²) in [6, 6.07) is 6.15. The molecular formula is C22H31N3O3. The number of rotatable bonds is 5. The molecule has 2 fully saturated rings. The van der Waals surface area contributed by atoms with Gasteiger partial charge in [0.1, 0.15) is 0 Å². The number of carbonyl (C=O) groups is 1. The summed E-state index contributed by atoms with van der Waals surface area (Å²) in [5.74, 6) is 7.11. The number of morpholine rings is 1. The van der Waals surface area contributed by atoms with Gasteiger partial charge in [0, 0.05) is 50.6 Å². The van der Waals surface area contributed by atoms with E-state index in [0.29, 0.717) is 37.9 Å². The van der Waals surface area contributed by atoms with E-state index in [1.54, 1.807) is 25.3 Å². The molecule has 1 heterocycles. The first-order valence-electron chi connectivity index (χ1n) is 9.59. The minimum atomic E-state index is 0.0384. The smallest absolute Gasteiger partial charge is 0.210 e. The van der Waals surface area contributed by atoms with Crippen molar-refractivity contribution in [2.24, 2.45) is 11.7 Å². The molecule has 6 heteroatoms. The van der Waals surface area contributed by atoms with Crippen molar-refractivity contribution >= 4 is 12.1 Å². The summed E-state index contributed by atoms with van der Waals surface area (Å²) < 4.78 is 9.68. The summed E-state index contributed by atoms with van der Waals surface area (Å²) in [6.45, 7) is 4.44. The van der Waals surface area contributed by atoms with Crippen LogP contribution in [0.3, 0.4) is 0 Å². The summed E-state index contributed by atoms with van der Waals surface area (Å²) in [5.41, 5.74) is 10.0. The molecule has 3 rings (SSSR count). The molecule has 1 aromatic carbocycles. The van der Waals surface area contributed by atoms with Crippen LogP contribution in [0.5, 0.6) is 0 Å². The fourth-order valence-corrected chi connectivity index (χ4v) is 2.84. The number of benzene rings is 1. The number of methoxy groups -OCH3 is 1. The van der Waals surface area contributed by atoms with Crippen LogP contribution < -0.4 is 11.1 Å². The Balaban J connectivity index is 0.000000878. The van der Waals surface area contributed by atoms with E-state index in [9.17, 15) is 4.79 Å². The molecule has 6 nitrogen and oxygen atoms in total. The van der Waals surface area contributed by atoms with Crippen LogP contribution in [-0.4, -0.2) is 57.9 Å². The number of ether oxygens (including phenoxy) is 2. The zero-order valence-electron chi connectivity index (χ0n) is 17.0. The Morgan fingerprint density at radius 1 is 1.43 bits per heavy atom. The molecule has 1 aliphatic carbocycles. The number of nitrogens with one attached hydrogen (secondary N) is 1. The lowest BCUT2D eigenvalue weighted by Crippen LogP contribution is -2.49. The highest BCUT2D eigenvalue weighted by Crippen LogP contribution is 2.27. The molecule has 1 amide bonds. The van der Waals surface area contributed by atoms with Crippen molar-refractivity contribution in [2.75, 3.05) is 40.5 Å². The Morgan fingerprint density at radius 3 is 2.82 bits per heavy atom. The second-order valence-corrected chi connectivity index (χ2v) is 7.06. The molecule has 1 unspecified atom stereocenters. The molecule has 1 atom stereocenters. The van der Waals surface area contributed by atoms with Gasteiger partial charge in [0.25, 0.3) is 0 Å². The second-order valence-electron chi connectivity index (χ2n) is 7.06. The average Bonchev–Trinajstić information content (AvgIpc) is 3.52. The predicted molar refractivity (Wildman–Crippen MR) is 111 cm³/mol. The van der Waals surface area contributed by atoms with Gasteiger partial charge in [-0.3, -0.25) is 4.79 Å². The third-order valence-electron chi connectivity index (χ3n) is 4.55. The minimum absolute atomic E-state index is 0.0384. The topological polar surface area (TPSA) is 76.8 Å². The van der Waals surface area contributed by atoms with E-state index in [2.05, 4.69) is 28.0 Å². The molecule has 1 saturated carbocycles. The van der Waals surface area contributed by atoms with Crippen molar-refractivity contribution in [1.82, 2.24) is 10.2 Å². The standard InChI is InChI=1S/C20H25N3O2.C2H6O/c1-15-10-17(5-4-16-2-3-16)6-7-19(15)20(21)12-22-11-18-13-25-9-8-23(18)14-24;1-3-2/h6-7,10,12,14,16,18,22H,2-3,8-9,11,13,21H2,1H3;1-2H3/b20-12-;. The Morgan fingerprint density at radius 2 is 2.18 bits per heavy atom. The molecular weight excluding hydrogens is 354 g/mol. The minimum Gasteiger partial charge on any atom is -0.397 e. The Labute approximate surface area is 168 Å². The fraction of sp³-hybridized carbons (Fsp3) is 0.500. The highest BCUT2D eigenvalue weighted by atomic mass is 16.5. The lowest BCUT2D eigenvalue weighted by atomic mass is 10.0. The molecule has 0 radical (unpaired) electrons. The van der Waals surface area contributed by atoms with Crippen molar-refractivity contribution in [1.29, 1.82) is 0 Å². The largest absolute Gasteiger partial charge is 0.397 e. The van der Waals surface area contributed by atoms with Crippen LogP contribution in [0.2, 0.25) is 0 Å². The molecule has 3 N–H and O–H groups in total. The first kappa shape index (κ1) is 21.8. The second kappa shape index (κ2) is 11.4. The van der Waals surface area contributed by atoms with Gasteiger partial charge < -0.3 is 25.4 Å². The van der Waals surface area contributed by atoms with Crippen LogP contribution in [0.4, 0.5) is 0 Å². The molecule has 152 valence electrons. The van der Waals surface area contributed by atoms with E-state index >= 15 is 0 Å². The van der Waals surface area contributed by atoms with E-state index in [-0.39, 0.29) is 6.04 Å². The molecule has 1 aliphatic heterocycles.